The summed E-state index contributed by atoms with van der Waals surface area (Å²) in [6.45, 7) is 6.93. The molecule has 0 aliphatic heterocycles. The maximum atomic E-state index is 9.80. The molecule has 2 nitrogen and oxygen atoms in total. The minimum absolute atomic E-state index is 0.0665. The van der Waals surface area contributed by atoms with Crippen molar-refractivity contribution >= 4 is 27.3 Å². The van der Waals surface area contributed by atoms with Crippen LogP contribution in [0, 0.1) is 0 Å². The molecule has 1 aromatic rings. The molecule has 0 aliphatic carbocycles. The summed E-state index contributed by atoms with van der Waals surface area (Å²) in [6, 6.07) is 4.07. The van der Waals surface area contributed by atoms with Gasteiger partial charge in [-0.3, -0.25) is 0 Å². The van der Waals surface area contributed by atoms with E-state index in [1.165, 1.54) is 4.88 Å². The summed E-state index contributed by atoms with van der Waals surface area (Å²) < 4.78 is 1.12. The lowest BCUT2D eigenvalue weighted by Gasteiger charge is -2.22. The van der Waals surface area contributed by atoms with Crippen LogP contribution in [0.3, 0.4) is 0 Å². The lowest BCUT2D eigenvalue weighted by Crippen LogP contribution is -2.41. The molecule has 1 atom stereocenters. The van der Waals surface area contributed by atoms with Crippen LogP contribution in [0.4, 0.5) is 0 Å². The van der Waals surface area contributed by atoms with Gasteiger partial charge in [0, 0.05) is 23.4 Å². The molecule has 0 aliphatic rings. The highest BCUT2D eigenvalue weighted by atomic mass is 79.9. The SMILES string of the molecule is CC(C)(C)NCC(O)Cc1ccc(Br)s1. The van der Waals surface area contributed by atoms with E-state index in [4.69, 9.17) is 0 Å². The highest BCUT2D eigenvalue weighted by Gasteiger charge is 2.13. The Bertz CT molecular complexity index is 306. The normalized spacial score (nSPS) is 14.2. The first-order valence-corrected chi connectivity index (χ1v) is 6.65. The molecule has 1 unspecified atom stereocenters. The Morgan fingerprint density at radius 1 is 1.47 bits per heavy atom. The van der Waals surface area contributed by atoms with Gasteiger partial charge in [0.2, 0.25) is 0 Å². The Morgan fingerprint density at radius 2 is 2.13 bits per heavy atom. The zero-order valence-electron chi connectivity index (χ0n) is 9.38. The van der Waals surface area contributed by atoms with E-state index in [-0.39, 0.29) is 11.6 Å². The molecule has 0 saturated heterocycles. The van der Waals surface area contributed by atoms with Crippen LogP contribution in [0.25, 0.3) is 0 Å². The van der Waals surface area contributed by atoms with Crippen molar-refractivity contribution in [2.45, 2.75) is 38.8 Å². The van der Waals surface area contributed by atoms with Crippen LogP contribution < -0.4 is 5.32 Å². The zero-order chi connectivity index (χ0) is 11.5. The topological polar surface area (TPSA) is 32.3 Å². The fourth-order valence-corrected chi connectivity index (χ4v) is 2.74. The Labute approximate surface area is 104 Å². The van der Waals surface area contributed by atoms with Gasteiger partial charge < -0.3 is 10.4 Å². The highest BCUT2D eigenvalue weighted by molar-refractivity contribution is 9.11. The fourth-order valence-electron chi connectivity index (χ4n) is 1.19. The molecule has 2 N–H and O–H groups in total. The molecule has 0 radical (unpaired) electrons. The van der Waals surface area contributed by atoms with Crippen molar-refractivity contribution in [2.24, 2.45) is 0 Å². The third-order valence-corrected chi connectivity index (χ3v) is 3.58. The Kier molecular flexibility index (Phi) is 4.77. The first-order valence-electron chi connectivity index (χ1n) is 5.04. The second-order valence-electron chi connectivity index (χ2n) is 4.69. The largest absolute Gasteiger partial charge is 0.391 e. The number of aliphatic hydroxyl groups excluding tert-OH is 1. The van der Waals surface area contributed by atoms with Gasteiger partial charge in [-0.15, -0.1) is 11.3 Å². The van der Waals surface area contributed by atoms with E-state index in [9.17, 15) is 5.11 Å². The maximum Gasteiger partial charge on any atom is 0.0712 e. The number of thiophene rings is 1. The summed E-state index contributed by atoms with van der Waals surface area (Å²) in [7, 11) is 0. The van der Waals surface area contributed by atoms with E-state index in [0.29, 0.717) is 6.54 Å². The van der Waals surface area contributed by atoms with Crippen molar-refractivity contribution < 1.29 is 5.11 Å². The van der Waals surface area contributed by atoms with Gasteiger partial charge in [-0.2, -0.15) is 0 Å². The minimum Gasteiger partial charge on any atom is -0.391 e. The third-order valence-electron chi connectivity index (χ3n) is 1.93. The quantitative estimate of drug-likeness (QED) is 0.894. The molecule has 0 bridgehead atoms. The summed E-state index contributed by atoms with van der Waals surface area (Å²) in [5, 5.41) is 13.1. The maximum absolute atomic E-state index is 9.80. The first-order chi connectivity index (χ1) is 6.87. The molecule has 1 aromatic heterocycles. The van der Waals surface area contributed by atoms with Crippen molar-refractivity contribution in [2.75, 3.05) is 6.54 Å². The molecule has 1 heterocycles. The number of halogens is 1. The molecular formula is C11H18BrNOS. The van der Waals surface area contributed by atoms with Crippen LogP contribution in [0.15, 0.2) is 15.9 Å². The highest BCUT2D eigenvalue weighted by Crippen LogP contribution is 2.23. The summed E-state index contributed by atoms with van der Waals surface area (Å²) >= 11 is 5.09. The van der Waals surface area contributed by atoms with Gasteiger partial charge in [0.1, 0.15) is 0 Å². The molecule has 4 heteroatoms. The van der Waals surface area contributed by atoms with Gasteiger partial charge >= 0.3 is 0 Å². The molecule has 0 saturated carbocycles. The number of hydrogen-bond donors (Lipinski definition) is 2. The Morgan fingerprint density at radius 3 is 2.60 bits per heavy atom. The predicted octanol–water partition coefficient (Wildman–Crippen LogP) is 2.80. The van der Waals surface area contributed by atoms with Crippen LogP contribution >= 0.6 is 27.3 Å². The Hall–Kier alpha value is 0.1000. The number of aliphatic hydroxyl groups is 1. The molecular weight excluding hydrogens is 274 g/mol. The Balaban J connectivity index is 2.33. The molecule has 0 spiro atoms. The summed E-state index contributed by atoms with van der Waals surface area (Å²) in [5.41, 5.74) is 0.0665. The van der Waals surface area contributed by atoms with Crippen molar-refractivity contribution in [3.05, 3.63) is 20.8 Å². The van der Waals surface area contributed by atoms with Crippen molar-refractivity contribution in [3.8, 4) is 0 Å². The monoisotopic (exact) mass is 291 g/mol. The van der Waals surface area contributed by atoms with Crippen LogP contribution in [0.5, 0.6) is 0 Å². The lowest BCUT2D eigenvalue weighted by molar-refractivity contribution is 0.162. The number of hydrogen-bond acceptors (Lipinski definition) is 3. The minimum atomic E-state index is -0.310. The fraction of sp³-hybridized carbons (Fsp3) is 0.636. The van der Waals surface area contributed by atoms with Crippen LogP contribution in [0.1, 0.15) is 25.6 Å². The van der Waals surface area contributed by atoms with E-state index in [1.54, 1.807) is 11.3 Å². The molecule has 15 heavy (non-hydrogen) atoms. The van der Waals surface area contributed by atoms with E-state index in [2.05, 4.69) is 48.1 Å². The average Bonchev–Trinajstić information content (AvgIpc) is 2.47. The molecule has 0 fully saturated rings. The van der Waals surface area contributed by atoms with Crippen LogP contribution in [-0.4, -0.2) is 23.3 Å². The van der Waals surface area contributed by atoms with Gasteiger partial charge in [-0.1, -0.05) is 0 Å². The smallest absolute Gasteiger partial charge is 0.0712 e. The lowest BCUT2D eigenvalue weighted by atomic mass is 10.1. The van der Waals surface area contributed by atoms with Gasteiger partial charge in [0.25, 0.3) is 0 Å². The second-order valence-corrected chi connectivity index (χ2v) is 7.24. The standard InChI is InChI=1S/C11H18BrNOS/c1-11(2,3)13-7-8(14)6-9-4-5-10(12)15-9/h4-5,8,13-14H,6-7H2,1-3H3. The van der Waals surface area contributed by atoms with E-state index >= 15 is 0 Å². The van der Waals surface area contributed by atoms with Crippen molar-refractivity contribution in [1.82, 2.24) is 5.32 Å². The van der Waals surface area contributed by atoms with E-state index in [0.717, 1.165) is 10.2 Å². The average molecular weight is 292 g/mol. The molecule has 86 valence electrons. The zero-order valence-corrected chi connectivity index (χ0v) is 11.8. The third kappa shape index (κ3) is 5.66. The van der Waals surface area contributed by atoms with Crippen LogP contribution in [-0.2, 0) is 6.42 Å². The first kappa shape index (κ1) is 13.2. The summed E-state index contributed by atoms with van der Waals surface area (Å²) in [6.07, 6.45) is 0.411. The number of rotatable bonds is 4. The van der Waals surface area contributed by atoms with E-state index in [1.807, 2.05) is 6.07 Å². The van der Waals surface area contributed by atoms with Gasteiger partial charge in [-0.25, -0.2) is 0 Å². The van der Waals surface area contributed by atoms with Gasteiger partial charge in [0.15, 0.2) is 0 Å². The number of nitrogens with one attached hydrogen (secondary N) is 1. The number of β-amino-alcohol motifs (C(OH)–C–C–N with tert-alkyl or cyclic N) is 1. The molecule has 0 amide bonds. The second kappa shape index (κ2) is 5.43. The predicted molar refractivity (Wildman–Crippen MR) is 69.5 cm³/mol. The van der Waals surface area contributed by atoms with Gasteiger partial charge in [-0.05, 0) is 48.8 Å². The molecule has 0 aromatic carbocycles. The van der Waals surface area contributed by atoms with E-state index < -0.39 is 0 Å². The van der Waals surface area contributed by atoms with Crippen LogP contribution in [0.2, 0.25) is 0 Å². The van der Waals surface area contributed by atoms with Crippen molar-refractivity contribution in [1.29, 1.82) is 0 Å². The van der Waals surface area contributed by atoms with Gasteiger partial charge in [0.05, 0.1) is 9.89 Å². The summed E-state index contributed by atoms with van der Waals surface area (Å²) in [5.74, 6) is 0. The summed E-state index contributed by atoms with van der Waals surface area (Å²) in [4.78, 5) is 1.21. The van der Waals surface area contributed by atoms with Crippen molar-refractivity contribution in [3.63, 3.8) is 0 Å². The molecule has 1 rings (SSSR count).